The van der Waals surface area contributed by atoms with Crippen molar-refractivity contribution in [2.24, 2.45) is 5.92 Å². The molecule has 2 aromatic rings. The highest BCUT2D eigenvalue weighted by atomic mass is 16.6. The standard InChI is InChI=1S/C27H34N4O5/c1-17(2)22(30-26(35)36-27(4,5)6)25(34)31(16-15-28)23(19-12-8-10-14-21(19)32)24(33)29-20-13-9-7-11-18(20)3/h7-14,17,22-23,32H,16H2,1-6H3,(H,29,33)(H,30,35). The number of benzene rings is 2. The van der Waals surface area contributed by atoms with Gasteiger partial charge in [0.2, 0.25) is 5.91 Å². The maximum absolute atomic E-state index is 13.8. The van der Waals surface area contributed by atoms with Crippen LogP contribution in [0.1, 0.15) is 51.8 Å². The summed E-state index contributed by atoms with van der Waals surface area (Å²) in [6.07, 6.45) is -0.796. The maximum atomic E-state index is 13.8. The Labute approximate surface area is 212 Å². The number of nitrogens with one attached hydrogen (secondary N) is 2. The lowest BCUT2D eigenvalue weighted by molar-refractivity contribution is -0.141. The Hall–Kier alpha value is -4.06. The molecule has 3 amide bonds. The third kappa shape index (κ3) is 7.47. The normalized spacial score (nSPS) is 12.7. The van der Waals surface area contributed by atoms with E-state index in [9.17, 15) is 24.8 Å². The van der Waals surface area contributed by atoms with E-state index in [4.69, 9.17) is 4.74 Å². The molecule has 2 rings (SSSR count). The minimum Gasteiger partial charge on any atom is -0.508 e. The number of carbonyl (C=O) groups excluding carboxylic acids is 3. The number of hydrogen-bond donors (Lipinski definition) is 3. The van der Waals surface area contributed by atoms with Gasteiger partial charge in [0.15, 0.2) is 0 Å². The zero-order valence-electron chi connectivity index (χ0n) is 21.5. The van der Waals surface area contributed by atoms with Crippen LogP contribution in [0.5, 0.6) is 5.75 Å². The maximum Gasteiger partial charge on any atom is 0.408 e. The average molecular weight is 495 g/mol. The zero-order chi connectivity index (χ0) is 27.0. The van der Waals surface area contributed by atoms with Gasteiger partial charge in [-0.2, -0.15) is 5.26 Å². The number of anilines is 1. The van der Waals surface area contributed by atoms with Crippen LogP contribution >= 0.6 is 0 Å². The minimum absolute atomic E-state index is 0.145. The van der Waals surface area contributed by atoms with Crippen molar-refractivity contribution in [3.8, 4) is 11.8 Å². The van der Waals surface area contributed by atoms with Crippen molar-refractivity contribution in [2.75, 3.05) is 11.9 Å². The number of rotatable bonds is 8. The Morgan fingerprint density at radius 3 is 2.25 bits per heavy atom. The molecule has 0 spiro atoms. The molecule has 36 heavy (non-hydrogen) atoms. The van der Waals surface area contributed by atoms with Crippen LogP contribution in [-0.2, 0) is 14.3 Å². The van der Waals surface area contributed by atoms with Gasteiger partial charge in [-0.25, -0.2) is 4.79 Å². The second-order valence-electron chi connectivity index (χ2n) is 9.76. The summed E-state index contributed by atoms with van der Waals surface area (Å²) in [5.74, 6) is -1.88. The molecule has 0 aliphatic rings. The van der Waals surface area contributed by atoms with Gasteiger partial charge in [0.25, 0.3) is 5.91 Å². The van der Waals surface area contributed by atoms with Gasteiger partial charge >= 0.3 is 6.09 Å². The summed E-state index contributed by atoms with van der Waals surface area (Å²) >= 11 is 0. The number of carbonyl (C=O) groups is 3. The van der Waals surface area contributed by atoms with Gasteiger partial charge in [-0.15, -0.1) is 0 Å². The van der Waals surface area contributed by atoms with Crippen molar-refractivity contribution in [1.29, 1.82) is 5.26 Å². The quantitative estimate of drug-likeness (QED) is 0.469. The molecular weight excluding hydrogens is 460 g/mol. The molecule has 0 fully saturated rings. The molecule has 2 unspecified atom stereocenters. The van der Waals surface area contributed by atoms with Crippen molar-refractivity contribution in [3.63, 3.8) is 0 Å². The van der Waals surface area contributed by atoms with Crippen LogP contribution in [0.2, 0.25) is 0 Å². The number of aromatic hydroxyl groups is 1. The third-order valence-electron chi connectivity index (χ3n) is 5.32. The van der Waals surface area contributed by atoms with Gasteiger partial charge in [-0.05, 0) is 51.3 Å². The molecule has 0 aliphatic heterocycles. The van der Waals surface area contributed by atoms with Crippen LogP contribution < -0.4 is 10.6 Å². The number of phenols is 1. The van der Waals surface area contributed by atoms with Crippen molar-refractivity contribution in [1.82, 2.24) is 10.2 Å². The lowest BCUT2D eigenvalue weighted by atomic mass is 9.98. The summed E-state index contributed by atoms with van der Waals surface area (Å²) in [5.41, 5.74) is 0.686. The van der Waals surface area contributed by atoms with Gasteiger partial charge in [-0.1, -0.05) is 50.2 Å². The van der Waals surface area contributed by atoms with E-state index in [0.717, 1.165) is 10.5 Å². The zero-order valence-corrected chi connectivity index (χ0v) is 21.5. The predicted octanol–water partition coefficient (Wildman–Crippen LogP) is 4.28. The summed E-state index contributed by atoms with van der Waals surface area (Å²) in [6.45, 7) is 9.92. The molecule has 9 nitrogen and oxygen atoms in total. The molecule has 2 aromatic carbocycles. The van der Waals surface area contributed by atoms with E-state index in [1.165, 1.54) is 12.1 Å². The molecule has 3 N–H and O–H groups in total. The van der Waals surface area contributed by atoms with E-state index in [1.807, 2.05) is 25.1 Å². The SMILES string of the molecule is Cc1ccccc1NC(=O)C(c1ccccc1O)N(CC#N)C(=O)C(NC(=O)OC(C)(C)C)C(C)C. The van der Waals surface area contributed by atoms with Gasteiger partial charge in [0.05, 0.1) is 6.07 Å². The number of ether oxygens (including phenoxy) is 1. The molecule has 0 saturated carbocycles. The number of nitrogens with zero attached hydrogens (tertiary/aromatic N) is 2. The molecule has 0 aromatic heterocycles. The summed E-state index contributed by atoms with van der Waals surface area (Å²) in [4.78, 5) is 40.9. The molecule has 0 bridgehead atoms. The Morgan fingerprint density at radius 2 is 1.69 bits per heavy atom. The van der Waals surface area contributed by atoms with Crippen molar-refractivity contribution in [2.45, 2.75) is 59.2 Å². The van der Waals surface area contributed by atoms with E-state index in [2.05, 4.69) is 10.6 Å². The van der Waals surface area contributed by atoms with Gasteiger partial charge in [0.1, 0.15) is 30.0 Å². The minimum atomic E-state index is -1.35. The van der Waals surface area contributed by atoms with Crippen LogP contribution in [0.15, 0.2) is 48.5 Å². The number of alkyl carbamates (subject to hydrolysis) is 1. The lowest BCUT2D eigenvalue weighted by Gasteiger charge is -2.34. The van der Waals surface area contributed by atoms with Gasteiger partial charge in [-0.3, -0.25) is 9.59 Å². The summed E-state index contributed by atoms with van der Waals surface area (Å²) < 4.78 is 5.31. The average Bonchev–Trinajstić information content (AvgIpc) is 2.78. The monoisotopic (exact) mass is 494 g/mol. The van der Waals surface area contributed by atoms with Gasteiger partial charge in [0, 0.05) is 11.3 Å². The van der Waals surface area contributed by atoms with E-state index in [0.29, 0.717) is 5.69 Å². The highest BCUT2D eigenvalue weighted by Gasteiger charge is 2.38. The smallest absolute Gasteiger partial charge is 0.408 e. The fourth-order valence-corrected chi connectivity index (χ4v) is 3.58. The predicted molar refractivity (Wildman–Crippen MR) is 136 cm³/mol. The Kier molecular flexibility index (Phi) is 9.45. The van der Waals surface area contributed by atoms with Gasteiger partial charge < -0.3 is 25.4 Å². The molecule has 0 heterocycles. The lowest BCUT2D eigenvalue weighted by Crippen LogP contribution is -2.54. The number of amides is 3. The first-order valence-corrected chi connectivity index (χ1v) is 11.7. The van der Waals surface area contributed by atoms with E-state index < -0.39 is 48.1 Å². The first-order chi connectivity index (χ1) is 16.9. The molecule has 2 atom stereocenters. The molecule has 9 heteroatoms. The van der Waals surface area contributed by atoms with Crippen molar-refractivity contribution in [3.05, 3.63) is 59.7 Å². The van der Waals surface area contributed by atoms with Crippen molar-refractivity contribution < 1.29 is 24.2 Å². The highest BCUT2D eigenvalue weighted by molar-refractivity contribution is 5.99. The number of aryl methyl sites for hydroxylation is 1. The summed E-state index contributed by atoms with van der Waals surface area (Å²) in [6, 6.07) is 12.7. The first-order valence-electron chi connectivity index (χ1n) is 11.7. The second kappa shape index (κ2) is 12.1. The Balaban J connectivity index is 2.52. The number of para-hydroxylation sites is 2. The van der Waals surface area contributed by atoms with Crippen LogP contribution in [0.25, 0.3) is 0 Å². The molecular formula is C27H34N4O5. The third-order valence-corrected chi connectivity index (χ3v) is 5.32. The van der Waals surface area contributed by atoms with Crippen LogP contribution in [0, 0.1) is 24.2 Å². The Morgan fingerprint density at radius 1 is 1.08 bits per heavy atom. The highest BCUT2D eigenvalue weighted by Crippen LogP contribution is 2.31. The van der Waals surface area contributed by atoms with Crippen LogP contribution in [0.4, 0.5) is 10.5 Å². The van der Waals surface area contributed by atoms with E-state index in [1.54, 1.807) is 58.9 Å². The molecule has 0 aliphatic carbocycles. The fourth-order valence-electron chi connectivity index (χ4n) is 3.58. The number of phenolic OH excluding ortho intramolecular Hbond substituents is 1. The first kappa shape index (κ1) is 28.2. The van der Waals surface area contributed by atoms with E-state index >= 15 is 0 Å². The van der Waals surface area contributed by atoms with Crippen LogP contribution in [0.3, 0.4) is 0 Å². The molecule has 0 radical (unpaired) electrons. The molecule has 192 valence electrons. The largest absolute Gasteiger partial charge is 0.508 e. The summed E-state index contributed by atoms with van der Waals surface area (Å²) in [7, 11) is 0. The van der Waals surface area contributed by atoms with E-state index in [-0.39, 0.29) is 11.3 Å². The number of hydrogen-bond acceptors (Lipinski definition) is 6. The topological polar surface area (TPSA) is 132 Å². The van der Waals surface area contributed by atoms with Crippen molar-refractivity contribution >= 4 is 23.6 Å². The molecule has 0 saturated heterocycles. The second-order valence-corrected chi connectivity index (χ2v) is 9.76. The summed E-state index contributed by atoms with van der Waals surface area (Å²) in [5, 5.41) is 25.5. The Bertz CT molecular complexity index is 1130. The fraction of sp³-hybridized carbons (Fsp3) is 0.407. The van der Waals surface area contributed by atoms with Crippen LogP contribution in [-0.4, -0.2) is 46.1 Å². The number of nitriles is 1.